The molecule has 0 unspecified atom stereocenters. The zero-order valence-corrected chi connectivity index (χ0v) is 15.4. The first-order valence-electron chi connectivity index (χ1n) is 9.30. The molecule has 2 atom stereocenters. The second-order valence-electron chi connectivity index (χ2n) is 7.87. The van der Waals surface area contributed by atoms with Gasteiger partial charge in [0.25, 0.3) is 0 Å². The Labute approximate surface area is 150 Å². The van der Waals surface area contributed by atoms with Crippen LogP contribution >= 0.6 is 0 Å². The largest absolute Gasteiger partial charge is 0.389 e. The normalized spacial score (nSPS) is 25.8. The molecule has 0 aliphatic carbocycles. The lowest BCUT2D eigenvalue weighted by Crippen LogP contribution is -2.45. The molecular weight excluding hydrogens is 316 g/mol. The van der Waals surface area contributed by atoms with E-state index in [-0.39, 0.29) is 17.4 Å². The van der Waals surface area contributed by atoms with E-state index in [4.69, 9.17) is 4.74 Å². The number of hydrogen-bond acceptors (Lipinski definition) is 4. The number of nitrogens with zero attached hydrogens (tertiary/aromatic N) is 2. The SMILES string of the molecule is CC(C)(CC(=O)N1CCCN([C@H]2COC[C@@H]2O)CC1)c1ccccc1. The Morgan fingerprint density at radius 1 is 1.16 bits per heavy atom. The highest BCUT2D eigenvalue weighted by atomic mass is 16.5. The van der Waals surface area contributed by atoms with Crippen molar-refractivity contribution in [1.29, 1.82) is 0 Å². The van der Waals surface area contributed by atoms with Crippen molar-refractivity contribution in [2.24, 2.45) is 0 Å². The van der Waals surface area contributed by atoms with E-state index in [2.05, 4.69) is 30.9 Å². The summed E-state index contributed by atoms with van der Waals surface area (Å²) in [5.41, 5.74) is 1.03. The third-order valence-corrected chi connectivity index (χ3v) is 5.52. The fourth-order valence-electron chi connectivity index (χ4n) is 3.88. The molecule has 1 aromatic carbocycles. The lowest BCUT2D eigenvalue weighted by Gasteiger charge is -2.30. The van der Waals surface area contributed by atoms with Gasteiger partial charge in [0.05, 0.1) is 25.4 Å². The van der Waals surface area contributed by atoms with Crippen LogP contribution in [-0.2, 0) is 14.9 Å². The van der Waals surface area contributed by atoms with Crippen LogP contribution in [0, 0.1) is 0 Å². The van der Waals surface area contributed by atoms with Gasteiger partial charge in [-0.1, -0.05) is 44.2 Å². The van der Waals surface area contributed by atoms with Crippen LogP contribution in [-0.4, -0.2) is 72.4 Å². The molecule has 0 bridgehead atoms. The van der Waals surface area contributed by atoms with E-state index in [1.165, 1.54) is 5.56 Å². The highest BCUT2D eigenvalue weighted by Crippen LogP contribution is 2.28. The number of aliphatic hydroxyl groups excluding tert-OH is 1. The van der Waals surface area contributed by atoms with Crippen molar-refractivity contribution in [2.75, 3.05) is 39.4 Å². The van der Waals surface area contributed by atoms with Crippen molar-refractivity contribution in [1.82, 2.24) is 9.80 Å². The minimum atomic E-state index is -0.403. The Balaban J connectivity index is 1.58. The van der Waals surface area contributed by atoms with Gasteiger partial charge in [0.15, 0.2) is 0 Å². The van der Waals surface area contributed by atoms with Gasteiger partial charge < -0.3 is 14.7 Å². The van der Waals surface area contributed by atoms with Gasteiger partial charge in [0.1, 0.15) is 0 Å². The number of hydrogen-bond donors (Lipinski definition) is 1. The molecule has 0 spiro atoms. The van der Waals surface area contributed by atoms with E-state index in [1.54, 1.807) is 0 Å². The predicted molar refractivity (Wildman–Crippen MR) is 97.5 cm³/mol. The van der Waals surface area contributed by atoms with E-state index in [0.29, 0.717) is 19.6 Å². The molecule has 2 aliphatic heterocycles. The number of carbonyl (C=O) groups is 1. The number of amides is 1. The van der Waals surface area contributed by atoms with E-state index in [0.717, 1.165) is 32.6 Å². The fraction of sp³-hybridized carbons (Fsp3) is 0.650. The summed E-state index contributed by atoms with van der Waals surface area (Å²) >= 11 is 0. The number of benzene rings is 1. The second kappa shape index (κ2) is 7.85. The van der Waals surface area contributed by atoms with Crippen molar-refractivity contribution in [2.45, 2.75) is 44.2 Å². The van der Waals surface area contributed by atoms with E-state index >= 15 is 0 Å². The molecule has 3 rings (SSSR count). The highest BCUT2D eigenvalue weighted by Gasteiger charge is 2.34. The van der Waals surface area contributed by atoms with Crippen LogP contribution in [0.15, 0.2) is 30.3 Å². The first-order valence-corrected chi connectivity index (χ1v) is 9.30. The summed E-state index contributed by atoms with van der Waals surface area (Å²) in [6.45, 7) is 8.54. The molecule has 2 fully saturated rings. The smallest absolute Gasteiger partial charge is 0.223 e. The van der Waals surface area contributed by atoms with Gasteiger partial charge in [-0.3, -0.25) is 9.69 Å². The van der Waals surface area contributed by atoms with Crippen molar-refractivity contribution >= 4 is 5.91 Å². The Hall–Kier alpha value is -1.43. The molecule has 1 N–H and O–H groups in total. The third kappa shape index (κ3) is 4.40. The Bertz CT molecular complexity index is 576. The van der Waals surface area contributed by atoms with Gasteiger partial charge in [-0.15, -0.1) is 0 Å². The summed E-state index contributed by atoms with van der Waals surface area (Å²) in [5.74, 6) is 0.221. The van der Waals surface area contributed by atoms with Crippen molar-refractivity contribution in [3.8, 4) is 0 Å². The molecule has 0 radical (unpaired) electrons. The quantitative estimate of drug-likeness (QED) is 0.901. The van der Waals surface area contributed by atoms with Crippen LogP contribution in [0.5, 0.6) is 0 Å². The van der Waals surface area contributed by atoms with Gasteiger partial charge in [-0.25, -0.2) is 0 Å². The lowest BCUT2D eigenvalue weighted by atomic mass is 9.81. The molecule has 138 valence electrons. The first kappa shape index (κ1) is 18.4. The molecule has 2 aliphatic rings. The van der Waals surface area contributed by atoms with Crippen LogP contribution in [0.25, 0.3) is 0 Å². The Morgan fingerprint density at radius 2 is 1.92 bits per heavy atom. The summed E-state index contributed by atoms with van der Waals surface area (Å²) < 4.78 is 5.38. The third-order valence-electron chi connectivity index (χ3n) is 5.52. The average Bonchev–Trinajstić information content (AvgIpc) is 2.87. The van der Waals surface area contributed by atoms with Crippen LogP contribution in [0.3, 0.4) is 0 Å². The summed E-state index contributed by atoms with van der Waals surface area (Å²) in [7, 11) is 0. The Morgan fingerprint density at radius 3 is 2.60 bits per heavy atom. The van der Waals surface area contributed by atoms with Crippen LogP contribution in [0.2, 0.25) is 0 Å². The van der Waals surface area contributed by atoms with Crippen molar-refractivity contribution < 1.29 is 14.6 Å². The minimum absolute atomic E-state index is 0.0795. The molecule has 25 heavy (non-hydrogen) atoms. The van der Waals surface area contributed by atoms with E-state index in [1.807, 2.05) is 23.1 Å². The second-order valence-corrected chi connectivity index (χ2v) is 7.87. The lowest BCUT2D eigenvalue weighted by molar-refractivity contribution is -0.132. The van der Waals surface area contributed by atoms with Crippen molar-refractivity contribution in [3.63, 3.8) is 0 Å². The standard InChI is InChI=1S/C20H30N2O3/c1-20(2,16-7-4-3-5-8-16)13-19(24)22-10-6-9-21(11-12-22)17-14-25-15-18(17)23/h3-5,7-8,17-18,23H,6,9-15H2,1-2H3/t17-,18-/m0/s1. The molecule has 2 saturated heterocycles. The zero-order valence-electron chi connectivity index (χ0n) is 15.4. The molecule has 5 heteroatoms. The molecule has 0 aromatic heterocycles. The van der Waals surface area contributed by atoms with Crippen LogP contribution < -0.4 is 0 Å². The van der Waals surface area contributed by atoms with Gasteiger partial charge in [-0.05, 0) is 17.4 Å². The molecular formula is C20H30N2O3. The summed E-state index contributed by atoms with van der Waals surface area (Å²) in [4.78, 5) is 17.1. The molecule has 1 amide bonds. The number of carbonyl (C=O) groups excluding carboxylic acids is 1. The van der Waals surface area contributed by atoms with E-state index < -0.39 is 6.10 Å². The summed E-state index contributed by atoms with van der Waals surface area (Å²) in [6, 6.07) is 10.3. The fourth-order valence-corrected chi connectivity index (χ4v) is 3.88. The minimum Gasteiger partial charge on any atom is -0.389 e. The maximum absolute atomic E-state index is 12.9. The van der Waals surface area contributed by atoms with Gasteiger partial charge >= 0.3 is 0 Å². The predicted octanol–water partition coefficient (Wildman–Crippen LogP) is 1.65. The van der Waals surface area contributed by atoms with Gasteiger partial charge in [0, 0.05) is 32.6 Å². The molecule has 5 nitrogen and oxygen atoms in total. The van der Waals surface area contributed by atoms with Gasteiger partial charge in [0.2, 0.25) is 5.91 Å². The van der Waals surface area contributed by atoms with Crippen LogP contribution in [0.4, 0.5) is 0 Å². The molecule has 2 heterocycles. The van der Waals surface area contributed by atoms with E-state index in [9.17, 15) is 9.90 Å². The topological polar surface area (TPSA) is 53.0 Å². The maximum Gasteiger partial charge on any atom is 0.223 e. The maximum atomic E-state index is 12.9. The number of rotatable bonds is 4. The number of ether oxygens (including phenoxy) is 1. The highest BCUT2D eigenvalue weighted by molar-refractivity contribution is 5.77. The molecule has 0 saturated carbocycles. The van der Waals surface area contributed by atoms with Crippen LogP contribution in [0.1, 0.15) is 32.3 Å². The first-order chi connectivity index (χ1) is 12.0. The zero-order chi connectivity index (χ0) is 17.9. The monoisotopic (exact) mass is 346 g/mol. The van der Waals surface area contributed by atoms with Crippen molar-refractivity contribution in [3.05, 3.63) is 35.9 Å². The average molecular weight is 346 g/mol. The Kier molecular flexibility index (Phi) is 5.77. The summed E-state index contributed by atoms with van der Waals surface area (Å²) in [5, 5.41) is 10.0. The van der Waals surface area contributed by atoms with Gasteiger partial charge in [-0.2, -0.15) is 0 Å². The number of aliphatic hydroxyl groups is 1. The summed E-state index contributed by atoms with van der Waals surface area (Å²) in [6.07, 6.45) is 1.06. The molecule has 1 aromatic rings.